The van der Waals surface area contributed by atoms with Gasteiger partial charge in [0.05, 0.1) is 10.6 Å². The molecular formula is C32H39ClF3N3O3. The molecule has 1 aliphatic carbocycles. The maximum absolute atomic E-state index is 14.3. The van der Waals surface area contributed by atoms with Gasteiger partial charge in [0, 0.05) is 51.5 Å². The molecule has 1 unspecified atom stereocenters. The number of halogens is 4. The van der Waals surface area contributed by atoms with Gasteiger partial charge in [-0.1, -0.05) is 35.9 Å². The minimum atomic E-state index is -5.12. The van der Waals surface area contributed by atoms with Crippen LogP contribution >= 0.6 is 11.6 Å². The minimum absolute atomic E-state index is 0.135. The Bertz CT molecular complexity index is 1300. The van der Waals surface area contributed by atoms with Crippen molar-refractivity contribution in [1.82, 2.24) is 9.80 Å². The fourth-order valence-electron chi connectivity index (χ4n) is 6.46. The van der Waals surface area contributed by atoms with E-state index in [-0.39, 0.29) is 24.9 Å². The first-order chi connectivity index (χ1) is 19.9. The van der Waals surface area contributed by atoms with E-state index in [2.05, 4.69) is 4.90 Å². The lowest BCUT2D eigenvalue weighted by molar-refractivity contribution is -0.262. The van der Waals surface area contributed by atoms with Gasteiger partial charge in [-0.2, -0.15) is 13.2 Å². The smallest absolute Gasteiger partial charge is 0.371 e. The molecule has 1 atom stereocenters. The lowest BCUT2D eigenvalue weighted by Crippen LogP contribution is -2.57. The zero-order chi connectivity index (χ0) is 30.2. The van der Waals surface area contributed by atoms with Crippen molar-refractivity contribution in [3.8, 4) is 0 Å². The highest BCUT2D eigenvalue weighted by Gasteiger charge is 2.62. The molecule has 228 valence electrons. The molecule has 3 aliphatic rings. The number of carbonyl (C=O) groups excluding carboxylic acids is 2. The molecule has 2 aliphatic heterocycles. The summed E-state index contributed by atoms with van der Waals surface area (Å²) >= 11 is 6.41. The van der Waals surface area contributed by atoms with Crippen molar-refractivity contribution < 1.29 is 27.9 Å². The van der Waals surface area contributed by atoms with Crippen LogP contribution in [0.1, 0.15) is 72.3 Å². The second kappa shape index (κ2) is 12.1. The van der Waals surface area contributed by atoms with Crippen LogP contribution in [0.4, 0.5) is 18.9 Å². The number of rotatable bonds is 7. The summed E-state index contributed by atoms with van der Waals surface area (Å²) in [5.41, 5.74) is -1.73. The maximum atomic E-state index is 14.3. The molecule has 5 rings (SSSR count). The number of hydrogen-bond acceptors (Lipinski definition) is 4. The molecule has 3 fully saturated rings. The van der Waals surface area contributed by atoms with Crippen LogP contribution in [-0.2, 0) is 10.4 Å². The molecule has 2 saturated heterocycles. The Morgan fingerprint density at radius 3 is 2.10 bits per heavy atom. The lowest BCUT2D eigenvalue weighted by atomic mass is 9.82. The van der Waals surface area contributed by atoms with Crippen LogP contribution < -0.4 is 4.90 Å². The summed E-state index contributed by atoms with van der Waals surface area (Å²) in [7, 11) is 3.38. The molecule has 1 saturated carbocycles. The van der Waals surface area contributed by atoms with Crippen LogP contribution in [0.5, 0.6) is 0 Å². The van der Waals surface area contributed by atoms with Gasteiger partial charge in [-0.15, -0.1) is 0 Å². The molecule has 0 radical (unpaired) electrons. The third-order valence-electron chi connectivity index (χ3n) is 9.21. The molecule has 0 aromatic heterocycles. The fraction of sp³-hybridized carbons (Fsp3) is 0.562. The van der Waals surface area contributed by atoms with E-state index in [0.717, 1.165) is 56.4 Å². The summed E-state index contributed by atoms with van der Waals surface area (Å²) < 4.78 is 42.8. The summed E-state index contributed by atoms with van der Waals surface area (Å²) in [4.78, 5) is 30.5. The average Bonchev–Trinajstić information content (AvgIpc) is 3.82. The van der Waals surface area contributed by atoms with Crippen LogP contribution in [0.2, 0.25) is 5.02 Å². The molecule has 0 bridgehead atoms. The number of alkyl halides is 3. The van der Waals surface area contributed by atoms with Gasteiger partial charge in [-0.25, -0.2) is 0 Å². The van der Waals surface area contributed by atoms with E-state index < -0.39 is 23.2 Å². The molecule has 6 nitrogen and oxygen atoms in total. The topological polar surface area (TPSA) is 64.1 Å². The van der Waals surface area contributed by atoms with Crippen LogP contribution in [0.25, 0.3) is 0 Å². The second-order valence-electron chi connectivity index (χ2n) is 12.4. The van der Waals surface area contributed by atoms with Crippen LogP contribution in [0, 0.1) is 11.8 Å². The fourth-order valence-corrected chi connectivity index (χ4v) is 6.71. The number of hydrogen-bond donors (Lipinski definition) is 1. The van der Waals surface area contributed by atoms with Gasteiger partial charge >= 0.3 is 6.18 Å². The second-order valence-corrected chi connectivity index (χ2v) is 12.8. The number of anilines is 1. The number of piperidine rings is 2. The average molecular weight is 606 g/mol. The Kier molecular flexibility index (Phi) is 8.82. The third-order valence-corrected chi connectivity index (χ3v) is 9.52. The van der Waals surface area contributed by atoms with E-state index in [0.29, 0.717) is 35.3 Å². The van der Waals surface area contributed by atoms with Gasteiger partial charge in [0.1, 0.15) is 0 Å². The molecule has 2 aromatic carbocycles. The Morgan fingerprint density at radius 2 is 1.55 bits per heavy atom. The zero-order valence-corrected chi connectivity index (χ0v) is 24.9. The molecule has 2 heterocycles. The largest absolute Gasteiger partial charge is 0.430 e. The molecule has 0 spiro atoms. The van der Waals surface area contributed by atoms with Crippen molar-refractivity contribution in [2.75, 3.05) is 45.2 Å². The van der Waals surface area contributed by atoms with Gasteiger partial charge in [0.2, 0.25) is 0 Å². The van der Waals surface area contributed by atoms with Crippen molar-refractivity contribution in [3.05, 3.63) is 64.2 Å². The van der Waals surface area contributed by atoms with Crippen molar-refractivity contribution in [2.45, 2.75) is 62.6 Å². The first-order valence-corrected chi connectivity index (χ1v) is 15.2. The first kappa shape index (κ1) is 30.7. The Hall–Kier alpha value is -2.78. The molecule has 2 aromatic rings. The predicted molar refractivity (Wildman–Crippen MR) is 157 cm³/mol. The number of amides is 2. The Balaban J connectivity index is 1.14. The molecule has 10 heteroatoms. The SMILES string of the molecule is CN(C)C(=O)c1ccc(N2CCC(CC3CCN(C(=O)C(O)(c4cccc(C5CC5)c4)C(F)(F)F)CC3)CC2)cc1Cl. The van der Waals surface area contributed by atoms with Crippen LogP contribution in [0.15, 0.2) is 42.5 Å². The highest BCUT2D eigenvalue weighted by atomic mass is 35.5. The van der Waals surface area contributed by atoms with Gasteiger partial charge in [-0.05, 0) is 86.5 Å². The van der Waals surface area contributed by atoms with E-state index in [1.807, 2.05) is 12.1 Å². The molecule has 42 heavy (non-hydrogen) atoms. The van der Waals surface area contributed by atoms with E-state index in [9.17, 15) is 27.9 Å². The number of carbonyl (C=O) groups is 2. The number of benzene rings is 2. The summed E-state index contributed by atoms with van der Waals surface area (Å²) in [6.45, 7) is 2.13. The van der Waals surface area contributed by atoms with E-state index in [1.165, 1.54) is 28.0 Å². The van der Waals surface area contributed by atoms with Crippen molar-refractivity contribution in [3.63, 3.8) is 0 Å². The van der Waals surface area contributed by atoms with E-state index >= 15 is 0 Å². The van der Waals surface area contributed by atoms with Crippen molar-refractivity contribution >= 4 is 29.1 Å². The van der Waals surface area contributed by atoms with Crippen LogP contribution in [-0.4, -0.2) is 73.2 Å². The molecule has 1 N–H and O–H groups in total. The third kappa shape index (κ3) is 6.27. The monoisotopic (exact) mass is 605 g/mol. The number of likely N-dealkylation sites (tertiary alicyclic amines) is 1. The van der Waals surface area contributed by atoms with Gasteiger partial charge in [0.25, 0.3) is 17.4 Å². The lowest BCUT2D eigenvalue weighted by Gasteiger charge is -2.40. The maximum Gasteiger partial charge on any atom is 0.430 e. The quantitative estimate of drug-likeness (QED) is 0.407. The summed E-state index contributed by atoms with van der Waals surface area (Å²) in [6.07, 6.45) is 0.895. The number of aliphatic hydroxyl groups is 1. The van der Waals surface area contributed by atoms with Gasteiger partial charge < -0.3 is 19.8 Å². The van der Waals surface area contributed by atoms with Gasteiger partial charge in [-0.3, -0.25) is 9.59 Å². The molecular weight excluding hydrogens is 567 g/mol. The summed E-state index contributed by atoms with van der Waals surface area (Å²) in [5.74, 6) is -0.378. The standard InChI is InChI=1S/C32H39ClF3N3O3/c1-37(2)29(40)27-9-8-26(20-28(27)33)38-14-10-21(11-15-38)18-22-12-16-39(17-13-22)30(41)31(42,32(34,35)36)25-5-3-4-24(19-25)23-6-7-23/h3-5,8-9,19-23,42H,6-7,10-18H2,1-2H3. The predicted octanol–water partition coefficient (Wildman–Crippen LogP) is 6.21. The zero-order valence-electron chi connectivity index (χ0n) is 24.2. The number of nitrogens with zero attached hydrogens (tertiary/aromatic N) is 3. The van der Waals surface area contributed by atoms with Gasteiger partial charge in [0.15, 0.2) is 0 Å². The highest BCUT2D eigenvalue weighted by molar-refractivity contribution is 6.34. The first-order valence-electron chi connectivity index (χ1n) is 14.8. The van der Waals surface area contributed by atoms with Crippen molar-refractivity contribution in [1.29, 1.82) is 0 Å². The Morgan fingerprint density at radius 1 is 0.929 bits per heavy atom. The van der Waals surface area contributed by atoms with Crippen molar-refractivity contribution in [2.24, 2.45) is 11.8 Å². The van der Waals surface area contributed by atoms with E-state index in [4.69, 9.17) is 11.6 Å². The highest BCUT2D eigenvalue weighted by Crippen LogP contribution is 2.45. The van der Waals surface area contributed by atoms with E-state index in [1.54, 1.807) is 26.2 Å². The Labute approximate surface area is 250 Å². The normalized spacial score (nSPS) is 20.4. The minimum Gasteiger partial charge on any atom is -0.371 e. The molecule has 2 amide bonds. The van der Waals surface area contributed by atoms with Crippen LogP contribution in [0.3, 0.4) is 0 Å². The summed E-state index contributed by atoms with van der Waals surface area (Å²) in [5, 5.41) is 11.4. The summed E-state index contributed by atoms with van der Waals surface area (Å²) in [6, 6.07) is 11.4.